The Kier molecular flexibility index (Phi) is 5.80. The number of anilines is 1. The third-order valence-electron chi connectivity index (χ3n) is 4.25. The summed E-state index contributed by atoms with van der Waals surface area (Å²) in [6.07, 6.45) is 3.15. The molecule has 1 aromatic carbocycles. The van der Waals surface area contributed by atoms with Gasteiger partial charge < -0.3 is 9.64 Å². The highest BCUT2D eigenvalue weighted by atomic mass is 16.5. The van der Waals surface area contributed by atoms with Crippen molar-refractivity contribution < 1.29 is 14.3 Å². The van der Waals surface area contributed by atoms with E-state index in [0.717, 1.165) is 24.9 Å². The van der Waals surface area contributed by atoms with Crippen LogP contribution in [0.5, 0.6) is 5.75 Å². The fraction of sp³-hybridized carbons (Fsp3) is 0.579. The number of unbranched alkanes of at least 4 members (excludes halogenated alkanes) is 2. The predicted molar refractivity (Wildman–Crippen MR) is 92.2 cm³/mol. The van der Waals surface area contributed by atoms with E-state index in [0.29, 0.717) is 24.3 Å². The third kappa shape index (κ3) is 3.74. The third-order valence-corrected chi connectivity index (χ3v) is 4.25. The Bertz CT molecular complexity index is 580. The Morgan fingerprint density at radius 1 is 1.26 bits per heavy atom. The van der Waals surface area contributed by atoms with Gasteiger partial charge in [0.15, 0.2) is 11.9 Å². The number of ether oxygens (including phenoxy) is 1. The maximum absolute atomic E-state index is 12.8. The summed E-state index contributed by atoms with van der Waals surface area (Å²) < 4.78 is 5.91. The molecule has 126 valence electrons. The lowest BCUT2D eigenvalue weighted by atomic mass is 10.0. The van der Waals surface area contributed by atoms with Crippen LogP contribution in [0, 0.1) is 5.92 Å². The SMILES string of the molecule is CCCCCN1C(=O)C(C(C)C)Oc2ccc(C(=O)CC)cc21. The summed E-state index contributed by atoms with van der Waals surface area (Å²) in [6.45, 7) is 8.65. The first-order valence-corrected chi connectivity index (χ1v) is 8.64. The average Bonchev–Trinajstić information content (AvgIpc) is 2.55. The van der Waals surface area contributed by atoms with Gasteiger partial charge in [0.1, 0.15) is 5.75 Å². The summed E-state index contributed by atoms with van der Waals surface area (Å²) in [4.78, 5) is 26.6. The Morgan fingerprint density at radius 3 is 2.61 bits per heavy atom. The van der Waals surface area contributed by atoms with Crippen LogP contribution in [0.3, 0.4) is 0 Å². The van der Waals surface area contributed by atoms with Crippen LogP contribution in [0.4, 0.5) is 5.69 Å². The average molecular weight is 317 g/mol. The quantitative estimate of drug-likeness (QED) is 0.559. The van der Waals surface area contributed by atoms with Gasteiger partial charge in [-0.05, 0) is 30.5 Å². The highest BCUT2D eigenvalue weighted by molar-refractivity contribution is 6.03. The van der Waals surface area contributed by atoms with Crippen LogP contribution in [0.15, 0.2) is 18.2 Å². The van der Waals surface area contributed by atoms with E-state index >= 15 is 0 Å². The topological polar surface area (TPSA) is 46.6 Å². The van der Waals surface area contributed by atoms with Gasteiger partial charge in [-0.3, -0.25) is 9.59 Å². The maximum Gasteiger partial charge on any atom is 0.268 e. The summed E-state index contributed by atoms with van der Waals surface area (Å²) in [7, 11) is 0. The smallest absolute Gasteiger partial charge is 0.268 e. The van der Waals surface area contributed by atoms with Crippen molar-refractivity contribution in [2.24, 2.45) is 5.92 Å². The standard InChI is InChI=1S/C19H27NO3/c1-5-7-8-11-20-15-12-14(16(21)6-2)9-10-17(15)23-18(13(3)4)19(20)22/h9-10,12-13,18H,5-8,11H2,1-4H3. The first-order chi connectivity index (χ1) is 11.0. The number of rotatable bonds is 7. The Labute approximate surface area is 138 Å². The largest absolute Gasteiger partial charge is 0.478 e. The molecule has 1 atom stereocenters. The Balaban J connectivity index is 2.37. The van der Waals surface area contributed by atoms with E-state index in [4.69, 9.17) is 4.74 Å². The summed E-state index contributed by atoms with van der Waals surface area (Å²) in [5.41, 5.74) is 1.38. The first-order valence-electron chi connectivity index (χ1n) is 8.64. The van der Waals surface area contributed by atoms with Gasteiger partial charge in [0.2, 0.25) is 0 Å². The van der Waals surface area contributed by atoms with Gasteiger partial charge in [0.25, 0.3) is 5.91 Å². The lowest BCUT2D eigenvalue weighted by molar-refractivity contribution is -0.128. The lowest BCUT2D eigenvalue weighted by Gasteiger charge is -2.36. The fourth-order valence-electron chi connectivity index (χ4n) is 2.84. The number of hydrogen-bond donors (Lipinski definition) is 0. The van der Waals surface area contributed by atoms with Crippen molar-refractivity contribution in [3.63, 3.8) is 0 Å². The normalized spacial score (nSPS) is 17.2. The molecular weight excluding hydrogens is 290 g/mol. The highest BCUT2D eigenvalue weighted by Gasteiger charge is 2.36. The van der Waals surface area contributed by atoms with Crippen molar-refractivity contribution in [3.8, 4) is 5.75 Å². The van der Waals surface area contributed by atoms with Gasteiger partial charge in [-0.2, -0.15) is 0 Å². The molecule has 0 saturated carbocycles. The fourth-order valence-corrected chi connectivity index (χ4v) is 2.84. The second kappa shape index (κ2) is 7.62. The molecule has 1 heterocycles. The highest BCUT2D eigenvalue weighted by Crippen LogP contribution is 2.37. The van der Waals surface area contributed by atoms with Crippen LogP contribution in [0.25, 0.3) is 0 Å². The van der Waals surface area contributed by atoms with E-state index in [1.807, 2.05) is 37.8 Å². The zero-order valence-electron chi connectivity index (χ0n) is 14.6. The van der Waals surface area contributed by atoms with Gasteiger partial charge in [0, 0.05) is 18.5 Å². The molecule has 0 radical (unpaired) electrons. The van der Waals surface area contributed by atoms with Gasteiger partial charge in [-0.15, -0.1) is 0 Å². The molecule has 1 unspecified atom stereocenters. The van der Waals surface area contributed by atoms with E-state index in [1.54, 1.807) is 6.07 Å². The maximum atomic E-state index is 12.8. The number of amides is 1. The van der Waals surface area contributed by atoms with Crippen molar-refractivity contribution in [2.45, 2.75) is 59.5 Å². The van der Waals surface area contributed by atoms with Crippen molar-refractivity contribution in [1.82, 2.24) is 0 Å². The summed E-state index contributed by atoms with van der Waals surface area (Å²) in [6, 6.07) is 5.43. The molecule has 0 saturated heterocycles. The molecule has 0 spiro atoms. The zero-order chi connectivity index (χ0) is 17.0. The van der Waals surface area contributed by atoms with E-state index in [1.165, 1.54) is 0 Å². The molecule has 0 aliphatic carbocycles. The van der Waals surface area contributed by atoms with Crippen LogP contribution >= 0.6 is 0 Å². The molecule has 4 nitrogen and oxygen atoms in total. The number of carbonyl (C=O) groups excluding carboxylic acids is 2. The Hall–Kier alpha value is -1.84. The second-order valence-electron chi connectivity index (χ2n) is 6.44. The van der Waals surface area contributed by atoms with Crippen molar-refractivity contribution in [3.05, 3.63) is 23.8 Å². The summed E-state index contributed by atoms with van der Waals surface area (Å²) >= 11 is 0. The summed E-state index contributed by atoms with van der Waals surface area (Å²) in [5, 5.41) is 0. The van der Waals surface area contributed by atoms with Crippen molar-refractivity contribution >= 4 is 17.4 Å². The van der Waals surface area contributed by atoms with Crippen LogP contribution in [-0.4, -0.2) is 24.3 Å². The molecule has 0 fully saturated rings. The van der Waals surface area contributed by atoms with Crippen molar-refractivity contribution in [1.29, 1.82) is 0 Å². The number of fused-ring (bicyclic) bond motifs is 1. The lowest BCUT2D eigenvalue weighted by Crippen LogP contribution is -2.48. The molecule has 1 amide bonds. The molecule has 4 heteroatoms. The number of carbonyl (C=O) groups is 2. The monoisotopic (exact) mass is 317 g/mol. The second-order valence-corrected chi connectivity index (χ2v) is 6.44. The zero-order valence-corrected chi connectivity index (χ0v) is 14.6. The van der Waals surface area contributed by atoms with Gasteiger partial charge >= 0.3 is 0 Å². The van der Waals surface area contributed by atoms with E-state index in [9.17, 15) is 9.59 Å². The minimum Gasteiger partial charge on any atom is -0.478 e. The van der Waals surface area contributed by atoms with E-state index in [2.05, 4.69) is 6.92 Å². The van der Waals surface area contributed by atoms with Crippen LogP contribution in [0.1, 0.15) is 63.7 Å². The van der Waals surface area contributed by atoms with Gasteiger partial charge in [-0.25, -0.2) is 0 Å². The van der Waals surface area contributed by atoms with Crippen LogP contribution in [0.2, 0.25) is 0 Å². The number of nitrogens with zero attached hydrogens (tertiary/aromatic N) is 1. The molecule has 0 N–H and O–H groups in total. The van der Waals surface area contributed by atoms with Crippen LogP contribution in [-0.2, 0) is 4.79 Å². The number of Topliss-reactive ketones (excluding diaryl/α,β-unsaturated/α-hetero) is 1. The number of hydrogen-bond acceptors (Lipinski definition) is 3. The molecule has 1 aliphatic rings. The molecule has 2 rings (SSSR count). The van der Waals surface area contributed by atoms with E-state index in [-0.39, 0.29) is 17.6 Å². The van der Waals surface area contributed by atoms with Crippen LogP contribution < -0.4 is 9.64 Å². The minimum absolute atomic E-state index is 0.00435. The summed E-state index contributed by atoms with van der Waals surface area (Å²) in [5.74, 6) is 0.901. The molecule has 0 aromatic heterocycles. The molecule has 23 heavy (non-hydrogen) atoms. The number of ketones is 1. The molecule has 1 aliphatic heterocycles. The molecular formula is C19H27NO3. The van der Waals surface area contributed by atoms with E-state index < -0.39 is 6.10 Å². The molecule has 0 bridgehead atoms. The van der Waals surface area contributed by atoms with Crippen molar-refractivity contribution in [2.75, 3.05) is 11.4 Å². The van der Waals surface area contributed by atoms with Gasteiger partial charge in [0.05, 0.1) is 5.69 Å². The minimum atomic E-state index is -0.447. The first kappa shape index (κ1) is 17.5. The molecule has 1 aromatic rings. The predicted octanol–water partition coefficient (Wildman–Crippen LogP) is 4.22. The number of benzene rings is 1. The Morgan fingerprint density at radius 2 is 2.00 bits per heavy atom. The van der Waals surface area contributed by atoms with Gasteiger partial charge in [-0.1, -0.05) is 40.5 Å².